The van der Waals surface area contributed by atoms with E-state index in [4.69, 9.17) is 15.6 Å². The molecule has 8 nitrogen and oxygen atoms in total. The number of ether oxygens (including phenoxy) is 1. The van der Waals surface area contributed by atoms with Crippen molar-refractivity contribution in [3.8, 4) is 0 Å². The fourth-order valence-electron chi connectivity index (χ4n) is 2.35. The molecule has 0 aliphatic carbocycles. The second-order valence-corrected chi connectivity index (χ2v) is 4.49. The summed E-state index contributed by atoms with van der Waals surface area (Å²) in [5.41, 5.74) is 7.37. The lowest BCUT2D eigenvalue weighted by Crippen LogP contribution is -2.32. The number of hydrogen-bond acceptors (Lipinski definition) is 7. The molecule has 2 aromatic heterocycles. The van der Waals surface area contributed by atoms with Gasteiger partial charge in [-0.15, -0.1) is 0 Å². The van der Waals surface area contributed by atoms with Crippen LogP contribution < -0.4 is 5.73 Å². The number of H-pyrrole nitrogens is 1. The van der Waals surface area contributed by atoms with Crippen molar-refractivity contribution >= 4 is 16.9 Å². The van der Waals surface area contributed by atoms with E-state index in [9.17, 15) is 10.2 Å². The highest BCUT2D eigenvalue weighted by Crippen LogP contribution is 2.36. The predicted octanol–water partition coefficient (Wildman–Crippen LogP) is -1.31. The van der Waals surface area contributed by atoms with Crippen LogP contribution >= 0.6 is 0 Å². The third-order valence-electron chi connectivity index (χ3n) is 3.37. The van der Waals surface area contributed by atoms with E-state index >= 15 is 0 Å². The summed E-state index contributed by atoms with van der Waals surface area (Å²) in [6, 6.07) is 0. The summed E-state index contributed by atoms with van der Waals surface area (Å²) in [6.07, 6.45) is -0.933. The van der Waals surface area contributed by atoms with Crippen LogP contribution in [0.1, 0.15) is 11.7 Å². The first kappa shape index (κ1) is 12.3. The molecule has 0 amide bonds. The molecule has 3 rings (SSSR count). The third kappa shape index (κ3) is 1.77. The van der Waals surface area contributed by atoms with Crippen molar-refractivity contribution < 1.29 is 20.1 Å². The molecule has 102 valence electrons. The highest BCUT2D eigenvalue weighted by Gasteiger charge is 2.44. The zero-order valence-electron chi connectivity index (χ0n) is 9.89. The SMILES string of the molecule is Nc1ncnc2c([C@@H]3O[C@H](CO)[C@@H](O)[C@@H]3O)c[nH]c12. The molecule has 0 radical (unpaired) electrons. The zero-order valence-corrected chi connectivity index (χ0v) is 9.89. The number of fused-ring (bicyclic) bond motifs is 1. The van der Waals surface area contributed by atoms with Crippen LogP contribution in [-0.4, -0.2) is 55.2 Å². The number of nitrogen functional groups attached to an aromatic ring is 1. The van der Waals surface area contributed by atoms with E-state index in [0.717, 1.165) is 0 Å². The van der Waals surface area contributed by atoms with Gasteiger partial charge in [-0.3, -0.25) is 0 Å². The first-order valence-corrected chi connectivity index (χ1v) is 5.83. The summed E-state index contributed by atoms with van der Waals surface area (Å²) in [6.45, 7) is -0.367. The average molecular weight is 266 g/mol. The Labute approximate surface area is 107 Å². The minimum absolute atomic E-state index is 0.294. The third-order valence-corrected chi connectivity index (χ3v) is 3.37. The predicted molar refractivity (Wildman–Crippen MR) is 65.0 cm³/mol. The number of anilines is 1. The number of aromatic nitrogens is 3. The quantitative estimate of drug-likeness (QED) is 0.455. The van der Waals surface area contributed by atoms with Crippen molar-refractivity contribution in [3.63, 3.8) is 0 Å². The molecule has 19 heavy (non-hydrogen) atoms. The minimum atomic E-state index is -1.14. The number of aliphatic hydroxyl groups is 3. The van der Waals surface area contributed by atoms with Crippen molar-refractivity contribution in [3.05, 3.63) is 18.1 Å². The van der Waals surface area contributed by atoms with Crippen LogP contribution in [-0.2, 0) is 4.74 Å². The molecule has 0 spiro atoms. The van der Waals surface area contributed by atoms with Gasteiger partial charge in [0.25, 0.3) is 0 Å². The molecule has 1 fully saturated rings. The maximum atomic E-state index is 9.98. The van der Waals surface area contributed by atoms with Gasteiger partial charge in [0.2, 0.25) is 0 Å². The average Bonchev–Trinajstić information content (AvgIpc) is 2.94. The lowest BCUT2D eigenvalue weighted by molar-refractivity contribution is -0.0224. The smallest absolute Gasteiger partial charge is 0.151 e. The van der Waals surface area contributed by atoms with Crippen molar-refractivity contribution in [2.24, 2.45) is 0 Å². The van der Waals surface area contributed by atoms with Crippen LogP contribution in [0.3, 0.4) is 0 Å². The number of hydrogen-bond donors (Lipinski definition) is 5. The fraction of sp³-hybridized carbons (Fsp3) is 0.455. The molecular weight excluding hydrogens is 252 g/mol. The highest BCUT2D eigenvalue weighted by molar-refractivity contribution is 5.87. The van der Waals surface area contributed by atoms with Gasteiger partial charge in [0.15, 0.2) is 5.82 Å². The fourth-order valence-corrected chi connectivity index (χ4v) is 2.35. The standard InChI is InChI=1S/C11H14N4O4/c12-11-7-6(14-3-15-11)4(1-13-7)10-9(18)8(17)5(2-16)19-10/h1,3,5,8-10,13,16-18H,2H2,(H2,12,14,15)/t5-,8-,9+,10+/m1/s1. The van der Waals surface area contributed by atoms with E-state index in [1.165, 1.54) is 6.33 Å². The van der Waals surface area contributed by atoms with Gasteiger partial charge in [0.1, 0.15) is 36.3 Å². The normalized spacial score (nSPS) is 31.1. The maximum Gasteiger partial charge on any atom is 0.151 e. The highest BCUT2D eigenvalue weighted by atomic mass is 16.6. The van der Waals surface area contributed by atoms with Gasteiger partial charge in [0, 0.05) is 11.8 Å². The van der Waals surface area contributed by atoms with Crippen LogP contribution in [0.5, 0.6) is 0 Å². The first-order valence-electron chi connectivity index (χ1n) is 5.83. The molecule has 0 aromatic carbocycles. The Hall–Kier alpha value is -1.74. The summed E-state index contributed by atoms with van der Waals surface area (Å²) in [5, 5.41) is 28.8. The van der Waals surface area contributed by atoms with E-state index in [0.29, 0.717) is 22.4 Å². The van der Waals surface area contributed by atoms with E-state index in [2.05, 4.69) is 15.0 Å². The van der Waals surface area contributed by atoms with E-state index < -0.39 is 24.4 Å². The molecule has 6 N–H and O–H groups in total. The van der Waals surface area contributed by atoms with E-state index in [1.54, 1.807) is 6.20 Å². The Bertz CT molecular complexity index is 601. The van der Waals surface area contributed by atoms with Crippen molar-refractivity contribution in [1.82, 2.24) is 15.0 Å². The second-order valence-electron chi connectivity index (χ2n) is 4.49. The monoisotopic (exact) mass is 266 g/mol. The summed E-state index contributed by atoms with van der Waals surface area (Å²) < 4.78 is 5.46. The van der Waals surface area contributed by atoms with Crippen LogP contribution in [0.2, 0.25) is 0 Å². The Morgan fingerprint density at radius 3 is 2.79 bits per heavy atom. The Morgan fingerprint density at radius 2 is 2.11 bits per heavy atom. The molecule has 8 heteroatoms. The molecule has 0 unspecified atom stereocenters. The summed E-state index contributed by atoms with van der Waals surface area (Å²) >= 11 is 0. The lowest BCUT2D eigenvalue weighted by atomic mass is 10.0. The molecule has 1 saturated heterocycles. The number of nitrogens with one attached hydrogen (secondary N) is 1. The van der Waals surface area contributed by atoms with Gasteiger partial charge in [-0.05, 0) is 0 Å². The number of nitrogens with zero attached hydrogens (tertiary/aromatic N) is 2. The van der Waals surface area contributed by atoms with Gasteiger partial charge >= 0.3 is 0 Å². The van der Waals surface area contributed by atoms with Gasteiger partial charge in [0.05, 0.1) is 12.1 Å². The van der Waals surface area contributed by atoms with Gasteiger partial charge in [-0.25, -0.2) is 9.97 Å². The summed E-state index contributed by atoms with van der Waals surface area (Å²) in [7, 11) is 0. The Balaban J connectivity index is 2.04. The zero-order chi connectivity index (χ0) is 13.6. The van der Waals surface area contributed by atoms with Gasteiger partial charge in [-0.2, -0.15) is 0 Å². The Kier molecular flexibility index (Phi) is 2.86. The van der Waals surface area contributed by atoms with E-state index in [-0.39, 0.29) is 6.61 Å². The minimum Gasteiger partial charge on any atom is -0.394 e. The van der Waals surface area contributed by atoms with Crippen molar-refractivity contribution in [2.75, 3.05) is 12.3 Å². The first-order chi connectivity index (χ1) is 9.13. The molecule has 3 heterocycles. The topological polar surface area (TPSA) is 138 Å². The van der Waals surface area contributed by atoms with Gasteiger partial charge in [-0.1, -0.05) is 0 Å². The molecule has 0 bridgehead atoms. The van der Waals surface area contributed by atoms with Crippen LogP contribution in [0.15, 0.2) is 12.5 Å². The molecule has 2 aromatic rings. The number of nitrogens with two attached hydrogens (primary N) is 1. The van der Waals surface area contributed by atoms with E-state index in [1.807, 2.05) is 0 Å². The number of rotatable bonds is 2. The largest absolute Gasteiger partial charge is 0.394 e. The summed E-state index contributed by atoms with van der Waals surface area (Å²) in [5.74, 6) is 0.294. The van der Waals surface area contributed by atoms with Crippen LogP contribution in [0.4, 0.5) is 5.82 Å². The molecular formula is C11H14N4O4. The second kappa shape index (κ2) is 4.42. The number of aliphatic hydroxyl groups excluding tert-OH is 3. The lowest BCUT2D eigenvalue weighted by Gasteiger charge is -2.13. The van der Waals surface area contributed by atoms with Crippen molar-refractivity contribution in [2.45, 2.75) is 24.4 Å². The van der Waals surface area contributed by atoms with Crippen LogP contribution in [0, 0.1) is 0 Å². The molecule has 4 atom stereocenters. The Morgan fingerprint density at radius 1 is 1.32 bits per heavy atom. The molecule has 0 saturated carbocycles. The number of aromatic amines is 1. The maximum absolute atomic E-state index is 9.98. The summed E-state index contributed by atoms with van der Waals surface area (Å²) in [4.78, 5) is 10.9. The molecule has 1 aliphatic rings. The van der Waals surface area contributed by atoms with Crippen molar-refractivity contribution in [1.29, 1.82) is 0 Å². The van der Waals surface area contributed by atoms with Crippen LogP contribution in [0.25, 0.3) is 11.0 Å². The molecule has 1 aliphatic heterocycles. The van der Waals surface area contributed by atoms with Gasteiger partial charge < -0.3 is 30.8 Å².